The Morgan fingerprint density at radius 3 is 2.74 bits per heavy atom. The number of carboxylic acid groups (broad SMARTS) is 1. The lowest BCUT2D eigenvalue weighted by molar-refractivity contribution is 0.102. The number of rotatable bonds is 10. The number of Topliss-reactive ketones (excluding diaryl/α,β-unsaturated/α-hetero) is 1. The molecule has 0 bridgehead atoms. The highest BCUT2D eigenvalue weighted by Gasteiger charge is 2.22. The third kappa shape index (κ3) is 6.85. The Balaban J connectivity index is 2.14. The van der Waals surface area contributed by atoms with Gasteiger partial charge in [-0.15, -0.1) is 0 Å². The predicted octanol–water partition coefficient (Wildman–Crippen LogP) is 4.76. The number of carbonyl (C=O) groups excluding carboxylic acids is 1. The molecule has 8 nitrogen and oxygen atoms in total. The maximum absolute atomic E-state index is 12.7. The average Bonchev–Trinajstić information content (AvgIpc) is 3.13. The molecule has 31 heavy (non-hydrogen) atoms. The molecule has 2 heterocycles. The summed E-state index contributed by atoms with van der Waals surface area (Å²) in [5, 5.41) is 21.7. The summed E-state index contributed by atoms with van der Waals surface area (Å²) < 4.78 is 10.7. The molecule has 1 amide bonds. The zero-order valence-electron chi connectivity index (χ0n) is 17.5. The molecule has 0 fully saturated rings. The zero-order chi connectivity index (χ0) is 23.0. The van der Waals surface area contributed by atoms with Crippen LogP contribution in [0.15, 0.2) is 45.3 Å². The molecule has 0 saturated carbocycles. The van der Waals surface area contributed by atoms with E-state index in [-0.39, 0.29) is 17.3 Å². The first-order valence-corrected chi connectivity index (χ1v) is 10.5. The van der Waals surface area contributed by atoms with Crippen molar-refractivity contribution in [3.8, 4) is 10.8 Å². The van der Waals surface area contributed by atoms with E-state index in [0.29, 0.717) is 19.4 Å². The molecule has 1 atom stereocenters. The summed E-state index contributed by atoms with van der Waals surface area (Å²) >= 11 is 1.37. The lowest BCUT2D eigenvalue weighted by Gasteiger charge is -2.11. The number of thiophene rings is 1. The standard InChI is InChI=1S/C22H25NO7S/c1-4-29-18-9-8-15(31-18)11-14(3)20(25)19-16(24)12-17(30-21(19)26)13(2)7-5-6-10-23-22(27)28/h6,8-13,23-24H,4-5,7H2,1-3H3,(H,27,28). The van der Waals surface area contributed by atoms with Crippen molar-refractivity contribution in [2.24, 2.45) is 0 Å². The van der Waals surface area contributed by atoms with Crippen molar-refractivity contribution in [3.63, 3.8) is 0 Å². The predicted molar refractivity (Wildman–Crippen MR) is 118 cm³/mol. The first kappa shape index (κ1) is 23.9. The lowest BCUT2D eigenvalue weighted by Crippen LogP contribution is -2.16. The van der Waals surface area contributed by atoms with E-state index in [1.54, 1.807) is 38.1 Å². The third-order valence-electron chi connectivity index (χ3n) is 4.36. The molecule has 0 radical (unpaired) electrons. The van der Waals surface area contributed by atoms with Crippen molar-refractivity contribution in [2.45, 2.75) is 39.5 Å². The van der Waals surface area contributed by atoms with Gasteiger partial charge in [0, 0.05) is 23.1 Å². The van der Waals surface area contributed by atoms with Crippen LogP contribution in [0.3, 0.4) is 0 Å². The molecular formula is C22H25NO7S. The number of nitrogens with one attached hydrogen (secondary N) is 1. The Bertz CT molecular complexity index is 1050. The Morgan fingerprint density at radius 1 is 1.35 bits per heavy atom. The zero-order valence-corrected chi connectivity index (χ0v) is 18.3. The summed E-state index contributed by atoms with van der Waals surface area (Å²) in [6.07, 6.45) is 4.49. The van der Waals surface area contributed by atoms with E-state index in [4.69, 9.17) is 14.3 Å². The Hall–Kier alpha value is -3.33. The molecule has 166 valence electrons. The van der Waals surface area contributed by atoms with E-state index in [2.05, 4.69) is 5.32 Å². The van der Waals surface area contributed by atoms with Crippen molar-refractivity contribution >= 4 is 29.3 Å². The summed E-state index contributed by atoms with van der Waals surface area (Å²) in [5.41, 5.74) is -1.02. The van der Waals surface area contributed by atoms with Gasteiger partial charge in [0.2, 0.25) is 0 Å². The van der Waals surface area contributed by atoms with Crippen LogP contribution in [0.5, 0.6) is 10.8 Å². The number of carbonyl (C=O) groups is 2. The van der Waals surface area contributed by atoms with Crippen molar-refractivity contribution < 1.29 is 29.0 Å². The van der Waals surface area contributed by atoms with Crippen LogP contribution >= 0.6 is 11.3 Å². The second-order valence-corrected chi connectivity index (χ2v) is 7.85. The SMILES string of the molecule is CCOc1ccc(C=C(C)C(=O)c2c(O)cc(C(C)CCC=CNC(=O)O)oc2=O)s1. The van der Waals surface area contributed by atoms with Crippen LogP contribution in [0.25, 0.3) is 6.08 Å². The molecule has 0 spiro atoms. The average molecular weight is 448 g/mol. The lowest BCUT2D eigenvalue weighted by atomic mass is 10.00. The van der Waals surface area contributed by atoms with Gasteiger partial charge < -0.3 is 19.4 Å². The molecule has 2 aromatic rings. The van der Waals surface area contributed by atoms with E-state index < -0.39 is 28.8 Å². The molecule has 2 aromatic heterocycles. The number of hydrogen-bond donors (Lipinski definition) is 3. The van der Waals surface area contributed by atoms with Gasteiger partial charge in [-0.1, -0.05) is 24.3 Å². The molecule has 2 rings (SSSR count). The van der Waals surface area contributed by atoms with Gasteiger partial charge in [0.1, 0.15) is 17.1 Å². The summed E-state index contributed by atoms with van der Waals surface area (Å²) in [6.45, 7) is 5.78. The monoisotopic (exact) mass is 447 g/mol. The summed E-state index contributed by atoms with van der Waals surface area (Å²) in [7, 11) is 0. The molecule has 3 N–H and O–H groups in total. The normalized spacial score (nSPS) is 12.7. The molecule has 0 aliphatic rings. The molecule has 1 unspecified atom stereocenters. The Labute approximate surface area is 183 Å². The highest BCUT2D eigenvalue weighted by Crippen LogP contribution is 2.28. The minimum atomic E-state index is -1.15. The fraction of sp³-hybridized carbons (Fsp3) is 0.318. The number of allylic oxidation sites excluding steroid dienone is 2. The van der Waals surface area contributed by atoms with Crippen molar-refractivity contribution in [2.75, 3.05) is 6.61 Å². The topological polar surface area (TPSA) is 126 Å². The van der Waals surface area contributed by atoms with Crippen LogP contribution in [0.1, 0.15) is 60.5 Å². The smallest absolute Gasteiger partial charge is 0.408 e. The van der Waals surface area contributed by atoms with E-state index in [1.165, 1.54) is 23.6 Å². The number of aromatic hydroxyl groups is 1. The Morgan fingerprint density at radius 2 is 2.10 bits per heavy atom. The van der Waals surface area contributed by atoms with E-state index in [9.17, 15) is 19.5 Å². The summed E-state index contributed by atoms with van der Waals surface area (Å²) in [5.74, 6) is -1.02. The molecule has 0 aromatic carbocycles. The van der Waals surface area contributed by atoms with Crippen molar-refractivity contribution in [1.82, 2.24) is 5.32 Å². The highest BCUT2D eigenvalue weighted by molar-refractivity contribution is 7.14. The fourth-order valence-electron chi connectivity index (χ4n) is 2.76. The number of ketones is 1. The van der Waals surface area contributed by atoms with Crippen LogP contribution < -0.4 is 15.7 Å². The quantitative estimate of drug-likeness (QED) is 0.354. The third-order valence-corrected chi connectivity index (χ3v) is 5.30. The second-order valence-electron chi connectivity index (χ2n) is 6.77. The number of hydrogen-bond acceptors (Lipinski definition) is 7. The second kappa shape index (κ2) is 11.2. The van der Waals surface area contributed by atoms with Crippen LogP contribution in [0.2, 0.25) is 0 Å². The van der Waals surface area contributed by atoms with Gasteiger partial charge in [0.15, 0.2) is 10.8 Å². The van der Waals surface area contributed by atoms with Gasteiger partial charge >= 0.3 is 11.7 Å². The van der Waals surface area contributed by atoms with Crippen LogP contribution in [-0.4, -0.2) is 28.7 Å². The molecule has 0 aliphatic carbocycles. The largest absolute Gasteiger partial charge is 0.507 e. The molecule has 0 saturated heterocycles. The van der Waals surface area contributed by atoms with Gasteiger partial charge in [-0.3, -0.25) is 10.1 Å². The summed E-state index contributed by atoms with van der Waals surface area (Å²) in [4.78, 5) is 36.3. The van der Waals surface area contributed by atoms with Gasteiger partial charge in [-0.05, 0) is 50.5 Å². The van der Waals surface area contributed by atoms with E-state index in [1.807, 2.05) is 6.92 Å². The van der Waals surface area contributed by atoms with Gasteiger partial charge in [0.05, 0.1) is 6.61 Å². The highest BCUT2D eigenvalue weighted by atomic mass is 32.1. The molecular weight excluding hydrogens is 422 g/mol. The Kier molecular flexibility index (Phi) is 8.63. The van der Waals surface area contributed by atoms with Crippen LogP contribution in [-0.2, 0) is 0 Å². The van der Waals surface area contributed by atoms with Crippen LogP contribution in [0.4, 0.5) is 4.79 Å². The first-order valence-electron chi connectivity index (χ1n) is 9.70. The minimum Gasteiger partial charge on any atom is -0.507 e. The van der Waals surface area contributed by atoms with Gasteiger partial charge in [-0.2, -0.15) is 0 Å². The van der Waals surface area contributed by atoms with E-state index in [0.717, 1.165) is 9.94 Å². The maximum Gasteiger partial charge on any atom is 0.408 e. The van der Waals surface area contributed by atoms with Gasteiger partial charge in [0.25, 0.3) is 0 Å². The molecule has 9 heteroatoms. The van der Waals surface area contributed by atoms with Crippen LogP contribution in [0, 0.1) is 0 Å². The minimum absolute atomic E-state index is 0.225. The summed E-state index contributed by atoms with van der Waals surface area (Å²) in [6, 6.07) is 4.89. The fourth-order valence-corrected chi connectivity index (χ4v) is 3.68. The van der Waals surface area contributed by atoms with Crippen molar-refractivity contribution in [1.29, 1.82) is 0 Å². The van der Waals surface area contributed by atoms with Crippen molar-refractivity contribution in [3.05, 3.63) is 62.7 Å². The number of ether oxygens (including phenoxy) is 1. The molecule has 0 aliphatic heterocycles. The van der Waals surface area contributed by atoms with Gasteiger partial charge in [-0.25, -0.2) is 9.59 Å². The maximum atomic E-state index is 12.7. The number of amides is 1. The van der Waals surface area contributed by atoms with E-state index >= 15 is 0 Å². The first-order chi connectivity index (χ1) is 14.7.